The standard InChI is InChI=1S/C11H12N2O3/c14-6-11(3-4-11)8-10(15)13-9-7(16-8)2-1-5-12-9/h1-2,5,8,14H,3-4,6H2,(H,12,13,15). The lowest BCUT2D eigenvalue weighted by atomic mass is 9.98. The van der Waals surface area contributed by atoms with Crippen LogP contribution in [0.25, 0.3) is 0 Å². The van der Waals surface area contributed by atoms with Crippen molar-refractivity contribution in [2.24, 2.45) is 5.41 Å². The Morgan fingerprint density at radius 3 is 3.12 bits per heavy atom. The van der Waals surface area contributed by atoms with Crippen LogP contribution in [0.5, 0.6) is 5.75 Å². The monoisotopic (exact) mass is 220 g/mol. The van der Waals surface area contributed by atoms with E-state index in [0.29, 0.717) is 11.6 Å². The lowest BCUT2D eigenvalue weighted by molar-refractivity contribution is -0.127. The van der Waals surface area contributed by atoms with E-state index in [0.717, 1.165) is 12.8 Å². The van der Waals surface area contributed by atoms with E-state index in [2.05, 4.69) is 10.3 Å². The maximum absolute atomic E-state index is 11.8. The van der Waals surface area contributed by atoms with Crippen molar-refractivity contribution >= 4 is 11.7 Å². The Bertz CT molecular complexity index is 443. The number of amides is 1. The minimum absolute atomic E-state index is 0.0132. The average Bonchev–Trinajstić information content (AvgIpc) is 3.09. The predicted octanol–water partition coefficient (Wildman–Crippen LogP) is 0.554. The summed E-state index contributed by atoms with van der Waals surface area (Å²) in [6.07, 6.45) is 2.67. The lowest BCUT2D eigenvalue weighted by Crippen LogP contribution is -2.45. The molecular formula is C11H12N2O3. The third-order valence-corrected chi connectivity index (χ3v) is 3.26. The number of aromatic nitrogens is 1. The van der Waals surface area contributed by atoms with Crippen molar-refractivity contribution in [3.63, 3.8) is 0 Å². The highest BCUT2D eigenvalue weighted by Crippen LogP contribution is 2.51. The summed E-state index contributed by atoms with van der Waals surface area (Å²) in [4.78, 5) is 15.8. The summed E-state index contributed by atoms with van der Waals surface area (Å²) in [5, 5.41) is 12.0. The van der Waals surface area contributed by atoms with Crippen molar-refractivity contribution in [3.05, 3.63) is 18.3 Å². The van der Waals surface area contributed by atoms with Crippen molar-refractivity contribution in [3.8, 4) is 5.75 Å². The third-order valence-electron chi connectivity index (χ3n) is 3.26. The van der Waals surface area contributed by atoms with Gasteiger partial charge in [0.25, 0.3) is 5.91 Å². The van der Waals surface area contributed by atoms with Crippen LogP contribution in [-0.4, -0.2) is 28.7 Å². The van der Waals surface area contributed by atoms with Crippen LogP contribution < -0.4 is 10.1 Å². The zero-order valence-electron chi connectivity index (χ0n) is 8.64. The number of pyridine rings is 1. The number of carbonyl (C=O) groups excluding carboxylic acids is 1. The van der Waals surface area contributed by atoms with Crippen molar-refractivity contribution in [2.75, 3.05) is 11.9 Å². The number of nitrogens with one attached hydrogen (secondary N) is 1. The van der Waals surface area contributed by atoms with E-state index >= 15 is 0 Å². The molecule has 2 heterocycles. The van der Waals surface area contributed by atoms with E-state index in [1.165, 1.54) is 0 Å². The summed E-state index contributed by atoms with van der Waals surface area (Å²) in [6, 6.07) is 3.52. The molecule has 0 aromatic carbocycles. The van der Waals surface area contributed by atoms with Crippen LogP contribution in [0.2, 0.25) is 0 Å². The fourth-order valence-electron chi connectivity index (χ4n) is 2.01. The lowest BCUT2D eigenvalue weighted by Gasteiger charge is -2.29. The maximum Gasteiger partial charge on any atom is 0.267 e. The molecule has 84 valence electrons. The summed E-state index contributed by atoms with van der Waals surface area (Å²) in [7, 11) is 0. The highest BCUT2D eigenvalue weighted by atomic mass is 16.5. The normalized spacial score (nSPS) is 25.3. The molecule has 1 aliphatic carbocycles. The number of hydrogen-bond acceptors (Lipinski definition) is 4. The van der Waals surface area contributed by atoms with E-state index in [4.69, 9.17) is 4.74 Å². The summed E-state index contributed by atoms with van der Waals surface area (Å²) in [6.45, 7) is -0.0132. The Morgan fingerprint density at radius 2 is 2.44 bits per heavy atom. The Balaban J connectivity index is 1.93. The first-order valence-electron chi connectivity index (χ1n) is 5.29. The molecule has 16 heavy (non-hydrogen) atoms. The van der Waals surface area contributed by atoms with Crippen LogP contribution in [0, 0.1) is 5.41 Å². The molecule has 5 nitrogen and oxygen atoms in total. The minimum Gasteiger partial charge on any atom is -0.476 e. The molecule has 1 fully saturated rings. The van der Waals surface area contributed by atoms with Gasteiger partial charge in [0.1, 0.15) is 0 Å². The molecule has 1 amide bonds. The highest BCUT2D eigenvalue weighted by Gasteiger charge is 2.55. The first-order chi connectivity index (χ1) is 7.75. The fourth-order valence-corrected chi connectivity index (χ4v) is 2.01. The van der Waals surface area contributed by atoms with E-state index in [1.54, 1.807) is 18.3 Å². The first kappa shape index (κ1) is 9.59. The van der Waals surface area contributed by atoms with Crippen molar-refractivity contribution in [2.45, 2.75) is 18.9 Å². The number of hydrogen-bond donors (Lipinski definition) is 2. The molecule has 5 heteroatoms. The summed E-state index contributed by atoms with van der Waals surface area (Å²) < 4.78 is 5.63. The molecule has 0 saturated heterocycles. The van der Waals surface area contributed by atoms with Crippen LogP contribution in [0.1, 0.15) is 12.8 Å². The molecule has 0 bridgehead atoms. The smallest absolute Gasteiger partial charge is 0.267 e. The Labute approximate surface area is 92.4 Å². The van der Waals surface area contributed by atoms with Gasteiger partial charge >= 0.3 is 0 Å². The summed E-state index contributed by atoms with van der Waals surface area (Å²) in [5.41, 5.74) is -0.377. The zero-order chi connectivity index (χ0) is 11.2. The minimum atomic E-state index is -0.589. The molecular weight excluding hydrogens is 208 g/mol. The third kappa shape index (κ3) is 1.28. The molecule has 2 N–H and O–H groups in total. The second-order valence-electron chi connectivity index (χ2n) is 4.36. The van der Waals surface area contributed by atoms with Gasteiger partial charge in [-0.2, -0.15) is 0 Å². The molecule has 1 aromatic rings. The van der Waals surface area contributed by atoms with Gasteiger partial charge in [-0.1, -0.05) is 0 Å². The van der Waals surface area contributed by atoms with Gasteiger partial charge in [-0.3, -0.25) is 4.79 Å². The van der Waals surface area contributed by atoms with E-state index in [1.807, 2.05) is 0 Å². The second-order valence-corrected chi connectivity index (χ2v) is 4.36. The number of carbonyl (C=O) groups is 1. The second kappa shape index (κ2) is 3.18. The van der Waals surface area contributed by atoms with Crippen molar-refractivity contribution in [1.29, 1.82) is 0 Å². The molecule has 1 saturated carbocycles. The van der Waals surface area contributed by atoms with Crippen LogP contribution >= 0.6 is 0 Å². The number of nitrogens with zero attached hydrogens (tertiary/aromatic N) is 1. The largest absolute Gasteiger partial charge is 0.476 e. The fraction of sp³-hybridized carbons (Fsp3) is 0.455. The molecule has 1 aliphatic heterocycles. The summed E-state index contributed by atoms with van der Waals surface area (Å²) >= 11 is 0. The van der Waals surface area contributed by atoms with Gasteiger partial charge in [-0.25, -0.2) is 4.98 Å². The zero-order valence-corrected chi connectivity index (χ0v) is 8.64. The Kier molecular flexibility index (Phi) is 1.91. The van der Waals surface area contributed by atoms with Gasteiger partial charge in [0.05, 0.1) is 6.61 Å². The van der Waals surface area contributed by atoms with Gasteiger partial charge in [0.2, 0.25) is 0 Å². The number of aliphatic hydroxyl groups is 1. The Morgan fingerprint density at radius 1 is 1.62 bits per heavy atom. The molecule has 0 spiro atoms. The van der Waals surface area contributed by atoms with Gasteiger partial charge in [0, 0.05) is 11.6 Å². The molecule has 1 atom stereocenters. The van der Waals surface area contributed by atoms with E-state index in [9.17, 15) is 9.90 Å². The van der Waals surface area contributed by atoms with Crippen molar-refractivity contribution in [1.82, 2.24) is 4.98 Å². The summed E-state index contributed by atoms with van der Waals surface area (Å²) in [5.74, 6) is 0.821. The number of aliphatic hydroxyl groups excluding tert-OH is 1. The highest BCUT2D eigenvalue weighted by molar-refractivity contribution is 5.97. The maximum atomic E-state index is 11.8. The van der Waals surface area contributed by atoms with Crippen LogP contribution in [0.4, 0.5) is 5.82 Å². The SMILES string of the molecule is O=C1Nc2ncccc2OC1C1(CO)CC1. The topological polar surface area (TPSA) is 71.5 Å². The van der Waals surface area contributed by atoms with Crippen LogP contribution in [0.15, 0.2) is 18.3 Å². The molecule has 3 rings (SSSR count). The van der Waals surface area contributed by atoms with Crippen molar-refractivity contribution < 1.29 is 14.6 Å². The van der Waals surface area contributed by atoms with E-state index in [-0.39, 0.29) is 17.9 Å². The average molecular weight is 220 g/mol. The van der Waals surface area contributed by atoms with E-state index < -0.39 is 6.10 Å². The molecule has 1 aromatic heterocycles. The number of anilines is 1. The first-order valence-corrected chi connectivity index (χ1v) is 5.29. The quantitative estimate of drug-likeness (QED) is 0.763. The van der Waals surface area contributed by atoms with Gasteiger partial charge < -0.3 is 15.2 Å². The molecule has 1 unspecified atom stereocenters. The number of fused-ring (bicyclic) bond motifs is 1. The Hall–Kier alpha value is -1.62. The van der Waals surface area contributed by atoms with Gasteiger partial charge in [0.15, 0.2) is 17.7 Å². The van der Waals surface area contributed by atoms with Crippen LogP contribution in [0.3, 0.4) is 0 Å². The molecule has 2 aliphatic rings. The molecule has 0 radical (unpaired) electrons. The number of rotatable bonds is 2. The number of ether oxygens (including phenoxy) is 1. The van der Waals surface area contributed by atoms with Crippen LogP contribution in [-0.2, 0) is 4.79 Å². The van der Waals surface area contributed by atoms with Gasteiger partial charge in [-0.05, 0) is 25.0 Å². The predicted molar refractivity (Wildman–Crippen MR) is 56.0 cm³/mol. The van der Waals surface area contributed by atoms with Gasteiger partial charge in [-0.15, -0.1) is 0 Å².